The molecule has 0 saturated carbocycles. The molecule has 3 aromatic rings. The third kappa shape index (κ3) is 2.59. The van der Waals surface area contributed by atoms with Crippen LogP contribution in [0, 0.1) is 0 Å². The third-order valence-electron chi connectivity index (χ3n) is 2.79. The zero-order valence-corrected chi connectivity index (χ0v) is 10.6. The van der Waals surface area contributed by atoms with Gasteiger partial charge in [-0.1, -0.05) is 35.5 Å². The Kier molecular flexibility index (Phi) is 3.28. The monoisotopic (exact) mass is 268 g/mol. The van der Waals surface area contributed by atoms with E-state index in [0.29, 0.717) is 5.88 Å². The summed E-state index contributed by atoms with van der Waals surface area (Å²) in [5.74, 6) is 0.151. The molecule has 0 aliphatic heterocycles. The first kappa shape index (κ1) is 12.2. The molecular formula is C14H12N4O2. The summed E-state index contributed by atoms with van der Waals surface area (Å²) >= 11 is 0. The minimum Gasteiger partial charge on any atom is -0.338 e. The maximum Gasteiger partial charge on any atom is 0.246 e. The van der Waals surface area contributed by atoms with Gasteiger partial charge >= 0.3 is 0 Å². The first-order valence-electron chi connectivity index (χ1n) is 6.08. The summed E-state index contributed by atoms with van der Waals surface area (Å²) in [5.41, 5.74) is 1.69. The van der Waals surface area contributed by atoms with Crippen LogP contribution in [0.4, 0.5) is 5.88 Å². The molecule has 1 N–H and O–H groups in total. The molecule has 1 amide bonds. The molecule has 1 aromatic carbocycles. The fraction of sp³-hybridized carbons (Fsp3) is 0.0714. The van der Waals surface area contributed by atoms with Crippen LogP contribution in [0.15, 0.2) is 59.8 Å². The Morgan fingerprint density at radius 1 is 1.30 bits per heavy atom. The number of benzene rings is 1. The van der Waals surface area contributed by atoms with Gasteiger partial charge in [0.05, 0.1) is 18.1 Å². The minimum atomic E-state index is -0.197. The molecule has 0 aliphatic rings. The van der Waals surface area contributed by atoms with E-state index in [-0.39, 0.29) is 12.5 Å². The van der Waals surface area contributed by atoms with Gasteiger partial charge in [-0.15, -0.1) is 0 Å². The average Bonchev–Trinajstić information content (AvgIpc) is 3.11. The van der Waals surface area contributed by atoms with E-state index in [1.54, 1.807) is 29.5 Å². The average molecular weight is 268 g/mol. The Bertz CT molecular complexity index is 689. The molecule has 20 heavy (non-hydrogen) atoms. The highest BCUT2D eigenvalue weighted by Crippen LogP contribution is 2.27. The summed E-state index contributed by atoms with van der Waals surface area (Å²) in [7, 11) is 0. The second-order valence-corrected chi connectivity index (χ2v) is 4.22. The highest BCUT2D eigenvalue weighted by Gasteiger charge is 2.13. The summed E-state index contributed by atoms with van der Waals surface area (Å²) in [5, 5.41) is 6.45. The Balaban J connectivity index is 1.75. The zero-order chi connectivity index (χ0) is 13.8. The molecule has 2 heterocycles. The van der Waals surface area contributed by atoms with Gasteiger partial charge in [-0.25, -0.2) is 4.98 Å². The van der Waals surface area contributed by atoms with Crippen molar-refractivity contribution in [1.29, 1.82) is 0 Å². The number of imidazole rings is 1. The number of anilines is 1. The molecule has 100 valence electrons. The molecule has 0 saturated heterocycles. The fourth-order valence-electron chi connectivity index (χ4n) is 1.87. The molecule has 0 radical (unpaired) electrons. The van der Waals surface area contributed by atoms with E-state index in [0.717, 1.165) is 11.1 Å². The lowest BCUT2D eigenvalue weighted by molar-refractivity contribution is -0.116. The Hall–Kier alpha value is -2.89. The lowest BCUT2D eigenvalue weighted by Crippen LogP contribution is -2.17. The molecule has 0 fully saturated rings. The van der Waals surface area contributed by atoms with Crippen molar-refractivity contribution >= 4 is 11.8 Å². The number of hydrogen-bond acceptors (Lipinski definition) is 4. The first-order valence-corrected chi connectivity index (χ1v) is 6.08. The van der Waals surface area contributed by atoms with Crippen LogP contribution < -0.4 is 5.32 Å². The number of carbonyl (C=O) groups is 1. The van der Waals surface area contributed by atoms with Gasteiger partial charge in [0.2, 0.25) is 11.8 Å². The number of rotatable bonds is 4. The molecular weight excluding hydrogens is 256 g/mol. The quantitative estimate of drug-likeness (QED) is 0.787. The molecule has 0 aliphatic carbocycles. The van der Waals surface area contributed by atoms with Crippen LogP contribution in [0.2, 0.25) is 0 Å². The van der Waals surface area contributed by atoms with Gasteiger partial charge in [-0.05, 0) is 5.56 Å². The number of amides is 1. The molecule has 0 spiro atoms. The standard InChI is InChI=1S/C14H12N4O2/c19-13(9-18-7-6-15-10-18)17-14-12(8-16-20-14)11-4-2-1-3-5-11/h1-8,10H,9H2,(H,17,19). The van der Waals surface area contributed by atoms with Crippen molar-refractivity contribution in [3.63, 3.8) is 0 Å². The Morgan fingerprint density at radius 3 is 2.90 bits per heavy atom. The van der Waals surface area contributed by atoms with Crippen LogP contribution in [-0.4, -0.2) is 20.6 Å². The lowest BCUT2D eigenvalue weighted by Gasteiger charge is -2.04. The number of carbonyl (C=O) groups excluding carboxylic acids is 1. The number of nitrogens with zero attached hydrogens (tertiary/aromatic N) is 3. The summed E-state index contributed by atoms with van der Waals surface area (Å²) in [6.07, 6.45) is 6.51. The van der Waals surface area contributed by atoms with Crippen molar-refractivity contribution in [2.75, 3.05) is 5.32 Å². The van der Waals surface area contributed by atoms with E-state index in [9.17, 15) is 4.79 Å². The van der Waals surface area contributed by atoms with Crippen LogP contribution in [-0.2, 0) is 11.3 Å². The molecule has 0 unspecified atom stereocenters. The Morgan fingerprint density at radius 2 is 2.15 bits per heavy atom. The van der Waals surface area contributed by atoms with Crippen LogP contribution in [0.5, 0.6) is 0 Å². The van der Waals surface area contributed by atoms with Crippen LogP contribution in [0.1, 0.15) is 0 Å². The van der Waals surface area contributed by atoms with Gasteiger partial charge in [0.15, 0.2) is 0 Å². The van der Waals surface area contributed by atoms with E-state index in [2.05, 4.69) is 15.5 Å². The second kappa shape index (κ2) is 5.40. The number of hydrogen-bond donors (Lipinski definition) is 1. The van der Waals surface area contributed by atoms with Gasteiger partial charge in [-0.3, -0.25) is 10.1 Å². The molecule has 6 heteroatoms. The highest BCUT2D eigenvalue weighted by molar-refractivity contribution is 5.93. The second-order valence-electron chi connectivity index (χ2n) is 4.22. The van der Waals surface area contributed by atoms with E-state index < -0.39 is 0 Å². The van der Waals surface area contributed by atoms with Crippen molar-refractivity contribution in [2.45, 2.75) is 6.54 Å². The fourth-order valence-corrected chi connectivity index (χ4v) is 1.87. The first-order chi connectivity index (χ1) is 9.83. The summed E-state index contributed by atoms with van der Waals surface area (Å²) in [6, 6.07) is 9.61. The predicted molar refractivity (Wildman–Crippen MR) is 72.8 cm³/mol. The maximum absolute atomic E-state index is 11.9. The van der Waals surface area contributed by atoms with Crippen LogP contribution >= 0.6 is 0 Å². The third-order valence-corrected chi connectivity index (χ3v) is 2.79. The van der Waals surface area contributed by atoms with Gasteiger partial charge in [0, 0.05) is 12.4 Å². The van der Waals surface area contributed by atoms with Crippen molar-refractivity contribution in [2.24, 2.45) is 0 Å². The normalized spacial score (nSPS) is 10.4. The van der Waals surface area contributed by atoms with Crippen LogP contribution in [0.3, 0.4) is 0 Å². The summed E-state index contributed by atoms with van der Waals surface area (Å²) < 4.78 is 6.78. The van der Waals surface area contributed by atoms with Crippen LogP contribution in [0.25, 0.3) is 11.1 Å². The van der Waals surface area contributed by atoms with E-state index in [1.165, 1.54) is 0 Å². The lowest BCUT2D eigenvalue weighted by atomic mass is 10.1. The molecule has 2 aromatic heterocycles. The van der Waals surface area contributed by atoms with Crippen molar-refractivity contribution in [3.8, 4) is 11.1 Å². The summed E-state index contributed by atoms with van der Waals surface area (Å²) in [4.78, 5) is 15.8. The largest absolute Gasteiger partial charge is 0.338 e. The zero-order valence-electron chi connectivity index (χ0n) is 10.6. The van der Waals surface area contributed by atoms with E-state index in [4.69, 9.17) is 4.52 Å². The van der Waals surface area contributed by atoms with Crippen molar-refractivity contribution in [1.82, 2.24) is 14.7 Å². The molecule has 3 rings (SSSR count). The highest BCUT2D eigenvalue weighted by atomic mass is 16.5. The smallest absolute Gasteiger partial charge is 0.246 e. The molecule has 0 atom stereocenters. The van der Waals surface area contributed by atoms with Gasteiger partial charge in [0.25, 0.3) is 0 Å². The van der Waals surface area contributed by atoms with E-state index in [1.807, 2.05) is 30.3 Å². The maximum atomic E-state index is 11.9. The summed E-state index contributed by atoms with van der Waals surface area (Å²) in [6.45, 7) is 0.176. The van der Waals surface area contributed by atoms with Gasteiger partial charge in [-0.2, -0.15) is 0 Å². The Labute approximate surface area is 115 Å². The molecule has 6 nitrogen and oxygen atoms in total. The number of aromatic nitrogens is 3. The molecule has 0 bridgehead atoms. The predicted octanol–water partition coefficient (Wildman–Crippen LogP) is 2.18. The topological polar surface area (TPSA) is 73.0 Å². The van der Waals surface area contributed by atoms with Gasteiger partial charge < -0.3 is 9.09 Å². The van der Waals surface area contributed by atoms with Crippen molar-refractivity contribution < 1.29 is 9.32 Å². The number of nitrogens with one attached hydrogen (secondary N) is 1. The van der Waals surface area contributed by atoms with Crippen molar-refractivity contribution in [3.05, 3.63) is 55.2 Å². The van der Waals surface area contributed by atoms with E-state index >= 15 is 0 Å². The van der Waals surface area contributed by atoms with Gasteiger partial charge in [0.1, 0.15) is 6.54 Å². The SMILES string of the molecule is O=C(Cn1ccnc1)Nc1oncc1-c1ccccc1. The minimum absolute atomic E-state index is 0.176.